The number of rotatable bonds is 0. The van der Waals surface area contributed by atoms with Gasteiger partial charge in [0.2, 0.25) is 0 Å². The average Bonchev–Trinajstić information content (AvgIpc) is 2.04. The molecule has 0 radical (unpaired) electrons. The second-order valence-corrected chi connectivity index (χ2v) is 2.78. The monoisotopic (exact) mass is 146 g/mol. The smallest absolute Gasteiger partial charge is 0.106 e. The minimum absolute atomic E-state index is 0.225. The van der Waals surface area contributed by atoms with E-state index < -0.39 is 12.2 Å². The van der Waals surface area contributed by atoms with Crippen molar-refractivity contribution in [1.29, 1.82) is 0 Å². The Morgan fingerprint density at radius 2 is 2.10 bits per heavy atom. The number of hydrogen-bond acceptors (Lipinski definition) is 3. The zero-order valence-electron chi connectivity index (χ0n) is 6.16. The first kappa shape index (κ1) is 7.98. The van der Waals surface area contributed by atoms with Crippen LogP contribution in [0.5, 0.6) is 0 Å². The van der Waals surface area contributed by atoms with Crippen LogP contribution >= 0.6 is 0 Å². The van der Waals surface area contributed by atoms with Crippen LogP contribution in [0.3, 0.4) is 0 Å². The third-order valence-electron chi connectivity index (χ3n) is 1.90. The maximum Gasteiger partial charge on any atom is 0.106 e. The molecule has 10 heavy (non-hydrogen) atoms. The van der Waals surface area contributed by atoms with Crippen LogP contribution in [0, 0.1) is 0 Å². The van der Waals surface area contributed by atoms with E-state index in [9.17, 15) is 10.2 Å². The van der Waals surface area contributed by atoms with Gasteiger partial charge in [0.1, 0.15) is 6.10 Å². The minimum Gasteiger partial charge on any atom is -0.390 e. The average molecular weight is 146 g/mol. The van der Waals surface area contributed by atoms with Crippen molar-refractivity contribution in [2.24, 2.45) is 0 Å². The Morgan fingerprint density at radius 1 is 1.40 bits per heavy atom. The molecule has 1 saturated heterocycles. The Labute approximate surface area is 60.6 Å². The molecule has 3 heteroatoms. The third kappa shape index (κ3) is 1.68. The molecule has 0 aromatic rings. The zero-order valence-corrected chi connectivity index (χ0v) is 6.16. The predicted molar refractivity (Wildman–Crippen MR) is 36.7 cm³/mol. The molecular formula is C7H14O3. The number of aliphatic hydroxyl groups is 2. The normalized spacial score (nSPS) is 42.9. The van der Waals surface area contributed by atoms with Gasteiger partial charge in [-0.1, -0.05) is 0 Å². The van der Waals surface area contributed by atoms with E-state index in [2.05, 4.69) is 0 Å². The van der Waals surface area contributed by atoms with Crippen LogP contribution in [0.25, 0.3) is 0 Å². The van der Waals surface area contributed by atoms with E-state index in [4.69, 9.17) is 4.74 Å². The lowest BCUT2D eigenvalue weighted by atomic mass is 10.1. The Balaban J connectivity index is 2.46. The van der Waals surface area contributed by atoms with Gasteiger partial charge >= 0.3 is 0 Å². The summed E-state index contributed by atoms with van der Waals surface area (Å²) in [6.45, 7) is 2.43. The van der Waals surface area contributed by atoms with Gasteiger partial charge in [0.25, 0.3) is 0 Å². The molecule has 1 rings (SSSR count). The van der Waals surface area contributed by atoms with Crippen LogP contribution < -0.4 is 0 Å². The van der Waals surface area contributed by atoms with Crippen molar-refractivity contribution in [2.45, 2.75) is 38.1 Å². The predicted octanol–water partition coefficient (Wildman–Crippen LogP) is -0.0929. The highest BCUT2D eigenvalue weighted by molar-refractivity contribution is 4.75. The summed E-state index contributed by atoms with van der Waals surface area (Å²) >= 11 is 0. The molecule has 3 atom stereocenters. The van der Waals surface area contributed by atoms with E-state index in [0.717, 1.165) is 6.42 Å². The van der Waals surface area contributed by atoms with Gasteiger partial charge in [0.05, 0.1) is 12.2 Å². The maximum absolute atomic E-state index is 9.25. The fraction of sp³-hybridized carbons (Fsp3) is 1.00. The van der Waals surface area contributed by atoms with Crippen molar-refractivity contribution in [3.8, 4) is 0 Å². The lowest BCUT2D eigenvalue weighted by molar-refractivity contribution is -0.0617. The third-order valence-corrected chi connectivity index (χ3v) is 1.90. The van der Waals surface area contributed by atoms with E-state index in [1.807, 2.05) is 0 Å². The maximum atomic E-state index is 9.25. The second kappa shape index (κ2) is 3.32. The molecule has 3 nitrogen and oxygen atoms in total. The molecule has 1 aliphatic heterocycles. The van der Waals surface area contributed by atoms with E-state index in [-0.39, 0.29) is 6.10 Å². The summed E-state index contributed by atoms with van der Waals surface area (Å²) < 4.78 is 5.18. The second-order valence-electron chi connectivity index (χ2n) is 2.78. The summed E-state index contributed by atoms with van der Waals surface area (Å²) in [5, 5.41) is 18.4. The van der Waals surface area contributed by atoms with Crippen LogP contribution in [0.1, 0.15) is 19.8 Å². The summed E-state index contributed by atoms with van der Waals surface area (Å²) in [7, 11) is 0. The van der Waals surface area contributed by atoms with Crippen LogP contribution in [-0.2, 0) is 4.74 Å². The standard InChI is InChI=1S/C7H14O3/c1-5-7(9)6(8)3-2-4-10-5/h5-9H,2-4H2,1H3/t5?,6-,7-/m1/s1. The topological polar surface area (TPSA) is 49.7 Å². The fourth-order valence-corrected chi connectivity index (χ4v) is 1.14. The van der Waals surface area contributed by atoms with Gasteiger partial charge in [-0.05, 0) is 19.8 Å². The molecule has 0 aromatic carbocycles. The molecule has 1 heterocycles. The van der Waals surface area contributed by atoms with Crippen molar-refractivity contribution in [3.63, 3.8) is 0 Å². The molecule has 0 aromatic heterocycles. The Kier molecular flexibility index (Phi) is 2.65. The van der Waals surface area contributed by atoms with Gasteiger partial charge in [-0.3, -0.25) is 0 Å². The first-order valence-corrected chi connectivity index (χ1v) is 3.69. The molecule has 1 unspecified atom stereocenters. The van der Waals surface area contributed by atoms with Crippen LogP contribution in [-0.4, -0.2) is 35.1 Å². The quantitative estimate of drug-likeness (QED) is 0.502. The largest absolute Gasteiger partial charge is 0.390 e. The van der Waals surface area contributed by atoms with E-state index in [1.165, 1.54) is 0 Å². The van der Waals surface area contributed by atoms with Crippen molar-refractivity contribution in [1.82, 2.24) is 0 Å². The zero-order chi connectivity index (χ0) is 7.56. The SMILES string of the molecule is CC1OCCC[C@@H](O)[C@@H]1O. The highest BCUT2D eigenvalue weighted by Gasteiger charge is 2.25. The molecule has 1 aliphatic rings. The summed E-state index contributed by atoms with van der Waals surface area (Å²) in [6.07, 6.45) is -0.0499. The van der Waals surface area contributed by atoms with Crippen molar-refractivity contribution < 1.29 is 14.9 Å². The molecule has 60 valence electrons. The molecular weight excluding hydrogens is 132 g/mol. The highest BCUT2D eigenvalue weighted by Crippen LogP contribution is 2.13. The lowest BCUT2D eigenvalue weighted by Gasteiger charge is -2.19. The molecule has 0 amide bonds. The summed E-state index contributed by atoms with van der Waals surface area (Å²) in [6, 6.07) is 0. The van der Waals surface area contributed by atoms with Gasteiger partial charge in [-0.25, -0.2) is 0 Å². The molecule has 0 bridgehead atoms. The molecule has 1 fully saturated rings. The lowest BCUT2D eigenvalue weighted by Crippen LogP contribution is -2.34. The fourth-order valence-electron chi connectivity index (χ4n) is 1.14. The van der Waals surface area contributed by atoms with Crippen LogP contribution in [0.4, 0.5) is 0 Å². The van der Waals surface area contributed by atoms with E-state index in [1.54, 1.807) is 6.92 Å². The summed E-state index contributed by atoms with van der Waals surface area (Å²) in [4.78, 5) is 0. The van der Waals surface area contributed by atoms with Crippen molar-refractivity contribution >= 4 is 0 Å². The molecule has 0 aliphatic carbocycles. The van der Waals surface area contributed by atoms with Crippen molar-refractivity contribution in [3.05, 3.63) is 0 Å². The highest BCUT2D eigenvalue weighted by atomic mass is 16.5. The van der Waals surface area contributed by atoms with E-state index in [0.29, 0.717) is 13.0 Å². The number of aliphatic hydroxyl groups excluding tert-OH is 2. The molecule has 2 N–H and O–H groups in total. The first-order valence-electron chi connectivity index (χ1n) is 3.69. The van der Waals surface area contributed by atoms with Crippen molar-refractivity contribution in [2.75, 3.05) is 6.61 Å². The summed E-state index contributed by atoms with van der Waals surface area (Å²) in [5.41, 5.74) is 0. The first-order chi connectivity index (χ1) is 4.72. The minimum atomic E-state index is -0.706. The van der Waals surface area contributed by atoms with Gasteiger partial charge in [-0.15, -0.1) is 0 Å². The number of hydrogen-bond donors (Lipinski definition) is 2. The van der Waals surface area contributed by atoms with E-state index >= 15 is 0 Å². The van der Waals surface area contributed by atoms with Gasteiger partial charge in [0, 0.05) is 6.61 Å². The summed E-state index contributed by atoms with van der Waals surface area (Å²) in [5.74, 6) is 0. The van der Waals surface area contributed by atoms with Crippen LogP contribution in [0.2, 0.25) is 0 Å². The molecule has 0 spiro atoms. The Hall–Kier alpha value is -0.120. The van der Waals surface area contributed by atoms with Gasteiger partial charge < -0.3 is 14.9 Å². The number of ether oxygens (including phenoxy) is 1. The van der Waals surface area contributed by atoms with Gasteiger partial charge in [-0.2, -0.15) is 0 Å². The van der Waals surface area contributed by atoms with Gasteiger partial charge in [0.15, 0.2) is 0 Å². The Bertz CT molecular complexity index is 93.0. The van der Waals surface area contributed by atoms with Crippen LogP contribution in [0.15, 0.2) is 0 Å². The Morgan fingerprint density at radius 3 is 2.80 bits per heavy atom. The molecule has 0 saturated carbocycles.